The predicted molar refractivity (Wildman–Crippen MR) is 73.0 cm³/mol. The van der Waals surface area contributed by atoms with Gasteiger partial charge in [-0.3, -0.25) is 4.98 Å². The van der Waals surface area contributed by atoms with E-state index in [-0.39, 0.29) is 0 Å². The van der Waals surface area contributed by atoms with Crippen LogP contribution in [0.4, 0.5) is 0 Å². The van der Waals surface area contributed by atoms with Gasteiger partial charge in [0.2, 0.25) is 5.82 Å². The Balaban J connectivity index is 1.90. The van der Waals surface area contributed by atoms with Crippen LogP contribution in [0.25, 0.3) is 17.1 Å². The van der Waals surface area contributed by atoms with E-state index < -0.39 is 6.10 Å². The third kappa shape index (κ3) is 2.41. The molecule has 0 fully saturated rings. The molecule has 0 aliphatic heterocycles. The summed E-state index contributed by atoms with van der Waals surface area (Å²) in [4.78, 5) is 5.58. The smallest absolute Gasteiger partial charge is 0.205 e. The van der Waals surface area contributed by atoms with Crippen molar-refractivity contribution in [2.75, 3.05) is 0 Å². The molecule has 0 bridgehead atoms. The van der Waals surface area contributed by atoms with E-state index in [1.165, 1.54) is 4.80 Å². The number of aromatic nitrogens is 5. The highest BCUT2D eigenvalue weighted by Crippen LogP contribution is 2.14. The Bertz CT molecular complexity index is 691. The van der Waals surface area contributed by atoms with Crippen LogP contribution in [0, 0.1) is 0 Å². The van der Waals surface area contributed by atoms with Crippen LogP contribution in [0.2, 0.25) is 0 Å². The highest BCUT2D eigenvalue weighted by atomic mass is 16.3. The van der Waals surface area contributed by atoms with Crippen molar-refractivity contribution in [3.8, 4) is 17.1 Å². The van der Waals surface area contributed by atoms with Gasteiger partial charge < -0.3 is 5.11 Å². The monoisotopic (exact) mass is 267 g/mol. The molecule has 6 heteroatoms. The van der Waals surface area contributed by atoms with Crippen LogP contribution in [0.5, 0.6) is 0 Å². The van der Waals surface area contributed by atoms with Crippen LogP contribution in [0.15, 0.2) is 48.7 Å². The van der Waals surface area contributed by atoms with Crippen molar-refractivity contribution in [2.45, 2.75) is 13.0 Å². The van der Waals surface area contributed by atoms with Crippen LogP contribution in [-0.4, -0.2) is 30.3 Å². The van der Waals surface area contributed by atoms with E-state index in [4.69, 9.17) is 0 Å². The fourth-order valence-corrected chi connectivity index (χ4v) is 1.79. The molecule has 0 unspecified atom stereocenters. The second-order valence-electron chi connectivity index (χ2n) is 4.39. The third-order valence-corrected chi connectivity index (χ3v) is 2.88. The Morgan fingerprint density at radius 3 is 2.55 bits per heavy atom. The zero-order valence-electron chi connectivity index (χ0n) is 10.9. The van der Waals surface area contributed by atoms with Crippen LogP contribution in [0.1, 0.15) is 18.7 Å². The molecule has 0 saturated heterocycles. The van der Waals surface area contributed by atoms with Crippen LogP contribution >= 0.6 is 0 Å². The molecule has 0 saturated carbocycles. The minimum absolute atomic E-state index is 0.560. The Labute approximate surface area is 115 Å². The first-order valence-corrected chi connectivity index (χ1v) is 6.24. The minimum Gasteiger partial charge on any atom is -0.387 e. The Morgan fingerprint density at radius 1 is 1.10 bits per heavy atom. The molecule has 2 aromatic heterocycles. The standard InChI is InChI=1S/C14H13N5O/c1-10(20)13-8-7-12(9-15-13)19-17-14(16-18-19)11-5-3-2-4-6-11/h2-10,20H,1H3/t10-/m0/s1. The molecule has 0 spiro atoms. The number of aliphatic hydroxyl groups is 1. The number of tetrazole rings is 1. The molecule has 0 amide bonds. The van der Waals surface area contributed by atoms with Crippen molar-refractivity contribution >= 4 is 0 Å². The maximum Gasteiger partial charge on any atom is 0.205 e. The van der Waals surface area contributed by atoms with Crippen molar-refractivity contribution in [1.82, 2.24) is 25.2 Å². The van der Waals surface area contributed by atoms with Gasteiger partial charge in [0.1, 0.15) is 5.69 Å². The maximum absolute atomic E-state index is 9.43. The highest BCUT2D eigenvalue weighted by Gasteiger charge is 2.08. The lowest BCUT2D eigenvalue weighted by molar-refractivity contribution is 0.194. The largest absolute Gasteiger partial charge is 0.387 e. The Kier molecular flexibility index (Phi) is 3.22. The molecule has 6 nitrogen and oxygen atoms in total. The van der Waals surface area contributed by atoms with E-state index >= 15 is 0 Å². The Hall–Kier alpha value is -2.60. The summed E-state index contributed by atoms with van der Waals surface area (Å²) in [5.74, 6) is 0.560. The van der Waals surface area contributed by atoms with E-state index in [1.807, 2.05) is 30.3 Å². The van der Waals surface area contributed by atoms with Gasteiger partial charge in [0.15, 0.2) is 0 Å². The lowest BCUT2D eigenvalue weighted by Crippen LogP contribution is -2.02. The minimum atomic E-state index is -0.590. The van der Waals surface area contributed by atoms with E-state index in [2.05, 4.69) is 20.4 Å². The molecule has 20 heavy (non-hydrogen) atoms. The second-order valence-corrected chi connectivity index (χ2v) is 4.39. The average Bonchev–Trinajstić information content (AvgIpc) is 2.98. The third-order valence-electron chi connectivity index (χ3n) is 2.88. The summed E-state index contributed by atoms with van der Waals surface area (Å²) in [7, 11) is 0. The summed E-state index contributed by atoms with van der Waals surface area (Å²) in [5.41, 5.74) is 2.22. The van der Waals surface area contributed by atoms with Gasteiger partial charge in [-0.1, -0.05) is 30.3 Å². The molecule has 1 atom stereocenters. The fraction of sp³-hybridized carbons (Fsp3) is 0.143. The van der Waals surface area contributed by atoms with Gasteiger partial charge >= 0.3 is 0 Å². The molecular formula is C14H13N5O. The first kappa shape index (κ1) is 12.4. The van der Waals surface area contributed by atoms with Crippen molar-refractivity contribution in [2.24, 2.45) is 0 Å². The van der Waals surface area contributed by atoms with Gasteiger partial charge in [0.25, 0.3) is 0 Å². The number of hydrogen-bond donors (Lipinski definition) is 1. The lowest BCUT2D eigenvalue weighted by Gasteiger charge is -2.03. The molecule has 1 aromatic carbocycles. The average molecular weight is 267 g/mol. The van der Waals surface area contributed by atoms with Gasteiger partial charge in [-0.15, -0.1) is 15.0 Å². The number of aliphatic hydroxyl groups excluding tert-OH is 1. The van der Waals surface area contributed by atoms with Gasteiger partial charge in [-0.25, -0.2) is 0 Å². The highest BCUT2D eigenvalue weighted by molar-refractivity contribution is 5.53. The SMILES string of the molecule is C[C@H](O)c1ccc(-n2nnc(-c3ccccc3)n2)cn1. The van der Waals surface area contributed by atoms with E-state index in [1.54, 1.807) is 25.3 Å². The van der Waals surface area contributed by atoms with Crippen molar-refractivity contribution in [3.63, 3.8) is 0 Å². The van der Waals surface area contributed by atoms with Crippen molar-refractivity contribution in [3.05, 3.63) is 54.4 Å². The van der Waals surface area contributed by atoms with E-state index in [9.17, 15) is 5.11 Å². The van der Waals surface area contributed by atoms with E-state index in [0.29, 0.717) is 17.2 Å². The molecule has 100 valence electrons. The summed E-state index contributed by atoms with van der Waals surface area (Å²) in [5, 5.41) is 21.8. The number of pyridine rings is 1. The topological polar surface area (TPSA) is 76.7 Å². The fourth-order valence-electron chi connectivity index (χ4n) is 1.79. The summed E-state index contributed by atoms with van der Waals surface area (Å²) in [6.07, 6.45) is 1.02. The lowest BCUT2D eigenvalue weighted by atomic mass is 10.2. The van der Waals surface area contributed by atoms with Crippen LogP contribution in [0.3, 0.4) is 0 Å². The number of rotatable bonds is 3. The molecule has 0 aliphatic rings. The van der Waals surface area contributed by atoms with Crippen molar-refractivity contribution in [1.29, 1.82) is 0 Å². The summed E-state index contributed by atoms with van der Waals surface area (Å²) in [6.45, 7) is 1.67. The molecule has 0 radical (unpaired) electrons. The molecule has 1 N–H and O–H groups in total. The van der Waals surface area contributed by atoms with Gasteiger partial charge in [-0.05, 0) is 24.3 Å². The first-order valence-electron chi connectivity index (χ1n) is 6.24. The first-order chi connectivity index (χ1) is 9.74. The Morgan fingerprint density at radius 2 is 1.90 bits per heavy atom. The van der Waals surface area contributed by atoms with Crippen molar-refractivity contribution < 1.29 is 5.11 Å². The zero-order chi connectivity index (χ0) is 13.9. The summed E-state index contributed by atoms with van der Waals surface area (Å²) in [6, 6.07) is 13.2. The molecule has 2 heterocycles. The van der Waals surface area contributed by atoms with Gasteiger partial charge in [-0.2, -0.15) is 0 Å². The number of benzene rings is 1. The number of hydrogen-bond acceptors (Lipinski definition) is 5. The van der Waals surface area contributed by atoms with Gasteiger partial charge in [0, 0.05) is 5.56 Å². The van der Waals surface area contributed by atoms with Gasteiger partial charge in [0.05, 0.1) is 18.0 Å². The second kappa shape index (κ2) is 5.18. The van der Waals surface area contributed by atoms with Crippen LogP contribution < -0.4 is 0 Å². The summed E-state index contributed by atoms with van der Waals surface area (Å²) < 4.78 is 0. The molecular weight excluding hydrogens is 254 g/mol. The van der Waals surface area contributed by atoms with E-state index in [0.717, 1.165) is 5.56 Å². The zero-order valence-corrected chi connectivity index (χ0v) is 10.9. The predicted octanol–water partition coefficient (Wildman–Crippen LogP) is 1.78. The normalized spacial score (nSPS) is 12.3. The maximum atomic E-state index is 9.43. The number of nitrogens with zero attached hydrogens (tertiary/aromatic N) is 5. The summed E-state index contributed by atoms with van der Waals surface area (Å²) >= 11 is 0. The quantitative estimate of drug-likeness (QED) is 0.782. The molecule has 3 rings (SSSR count). The molecule has 0 aliphatic carbocycles. The van der Waals surface area contributed by atoms with Crippen LogP contribution in [-0.2, 0) is 0 Å². The molecule has 3 aromatic rings.